The highest BCUT2D eigenvalue weighted by Crippen LogP contribution is 2.20. The molecule has 6 nitrogen and oxygen atoms in total. The van der Waals surface area contributed by atoms with Crippen molar-refractivity contribution in [1.29, 1.82) is 0 Å². The minimum atomic E-state index is -0.686. The summed E-state index contributed by atoms with van der Waals surface area (Å²) in [5, 5.41) is 2.87. The van der Waals surface area contributed by atoms with Crippen LogP contribution in [0, 0.1) is 0 Å². The van der Waals surface area contributed by atoms with E-state index in [1.165, 1.54) is 4.57 Å². The summed E-state index contributed by atoms with van der Waals surface area (Å²) in [5.74, 6) is -0.806. The molecule has 0 aliphatic carbocycles. The van der Waals surface area contributed by atoms with Crippen LogP contribution in [0.4, 0.5) is 11.4 Å². The number of nitrogens with zero attached hydrogens (tertiary/aromatic N) is 2. The minimum absolute atomic E-state index is 0.269. The molecule has 3 aromatic rings. The molecular formula is C20H23N3O3. The average Bonchev–Trinajstić information content (AvgIpc) is 2.99. The Labute approximate surface area is 152 Å². The van der Waals surface area contributed by atoms with Gasteiger partial charge in [-0.05, 0) is 57.2 Å². The highest BCUT2D eigenvalue weighted by Gasteiger charge is 2.21. The largest absolute Gasteiger partial charge is 0.420 e. The van der Waals surface area contributed by atoms with E-state index < -0.39 is 11.8 Å². The highest BCUT2D eigenvalue weighted by molar-refractivity contribution is 5.94. The number of oxazole rings is 1. The molecule has 0 bridgehead atoms. The van der Waals surface area contributed by atoms with Gasteiger partial charge >= 0.3 is 5.76 Å². The number of carbonyl (C=O) groups excluding carboxylic acids is 1. The molecule has 0 saturated carbocycles. The topological polar surface area (TPSA) is 67.5 Å². The Morgan fingerprint density at radius 1 is 1.12 bits per heavy atom. The number of nitrogens with one attached hydrogen (secondary N) is 1. The Morgan fingerprint density at radius 2 is 1.77 bits per heavy atom. The van der Waals surface area contributed by atoms with Gasteiger partial charge in [0.25, 0.3) is 0 Å². The van der Waals surface area contributed by atoms with E-state index in [2.05, 4.69) is 24.1 Å². The van der Waals surface area contributed by atoms with Crippen LogP contribution in [0.3, 0.4) is 0 Å². The summed E-state index contributed by atoms with van der Waals surface area (Å²) in [6.07, 6.45) is 0. The van der Waals surface area contributed by atoms with Crippen LogP contribution in [0.25, 0.3) is 11.1 Å². The molecule has 0 aliphatic rings. The number of para-hydroxylation sites is 2. The van der Waals surface area contributed by atoms with Crippen LogP contribution in [0.1, 0.15) is 26.8 Å². The fourth-order valence-electron chi connectivity index (χ4n) is 3.06. The molecule has 0 radical (unpaired) electrons. The van der Waals surface area contributed by atoms with Crippen molar-refractivity contribution in [1.82, 2.24) is 4.57 Å². The normalized spacial score (nSPS) is 12.1. The van der Waals surface area contributed by atoms with Gasteiger partial charge in [-0.15, -0.1) is 0 Å². The smallest absolute Gasteiger partial charge is 0.408 e. The molecule has 0 spiro atoms. The van der Waals surface area contributed by atoms with Crippen molar-refractivity contribution in [2.45, 2.75) is 26.8 Å². The summed E-state index contributed by atoms with van der Waals surface area (Å²) in [5.41, 5.74) is 2.88. The van der Waals surface area contributed by atoms with Gasteiger partial charge in [-0.25, -0.2) is 4.79 Å². The van der Waals surface area contributed by atoms with Crippen LogP contribution in [0.15, 0.2) is 57.7 Å². The van der Waals surface area contributed by atoms with Crippen molar-refractivity contribution in [3.05, 3.63) is 59.1 Å². The molecule has 1 heterocycles. The third-order valence-electron chi connectivity index (χ3n) is 4.55. The number of aromatic nitrogens is 1. The third kappa shape index (κ3) is 3.35. The standard InChI is InChI=1S/C20H23N3O3/c1-4-22(5-2)16-12-10-15(11-13-16)21-19(24)14(3)23-17-8-6-7-9-18(17)26-20(23)25/h6-14H,4-5H2,1-3H3,(H,21,24). The maximum absolute atomic E-state index is 12.6. The zero-order chi connectivity index (χ0) is 18.7. The second kappa shape index (κ2) is 7.47. The van der Waals surface area contributed by atoms with E-state index in [1.54, 1.807) is 25.1 Å². The number of amides is 1. The lowest BCUT2D eigenvalue weighted by Gasteiger charge is -2.21. The molecule has 2 aromatic carbocycles. The van der Waals surface area contributed by atoms with Gasteiger partial charge in [0.1, 0.15) is 6.04 Å². The van der Waals surface area contributed by atoms with Crippen molar-refractivity contribution >= 4 is 28.4 Å². The molecule has 136 valence electrons. The van der Waals surface area contributed by atoms with E-state index in [0.29, 0.717) is 16.8 Å². The number of rotatable bonds is 6. The van der Waals surface area contributed by atoms with Gasteiger partial charge in [0, 0.05) is 24.5 Å². The summed E-state index contributed by atoms with van der Waals surface area (Å²) >= 11 is 0. The van der Waals surface area contributed by atoms with Crippen molar-refractivity contribution in [2.24, 2.45) is 0 Å². The van der Waals surface area contributed by atoms with E-state index in [4.69, 9.17) is 4.42 Å². The number of fused-ring (bicyclic) bond motifs is 1. The number of hydrogen-bond donors (Lipinski definition) is 1. The molecule has 1 amide bonds. The van der Waals surface area contributed by atoms with E-state index >= 15 is 0 Å². The first-order valence-corrected chi connectivity index (χ1v) is 8.81. The van der Waals surface area contributed by atoms with Gasteiger partial charge in [-0.3, -0.25) is 9.36 Å². The van der Waals surface area contributed by atoms with Crippen LogP contribution in [-0.4, -0.2) is 23.6 Å². The predicted molar refractivity (Wildman–Crippen MR) is 104 cm³/mol. The van der Waals surface area contributed by atoms with E-state index in [1.807, 2.05) is 30.3 Å². The molecule has 3 rings (SSSR count). The van der Waals surface area contributed by atoms with E-state index in [0.717, 1.165) is 18.8 Å². The van der Waals surface area contributed by atoms with Crippen molar-refractivity contribution in [3.63, 3.8) is 0 Å². The monoisotopic (exact) mass is 353 g/mol. The first-order chi connectivity index (χ1) is 12.5. The number of anilines is 2. The van der Waals surface area contributed by atoms with E-state index in [-0.39, 0.29) is 5.91 Å². The van der Waals surface area contributed by atoms with Gasteiger partial charge < -0.3 is 14.6 Å². The van der Waals surface area contributed by atoms with Crippen LogP contribution in [-0.2, 0) is 4.79 Å². The second-order valence-corrected chi connectivity index (χ2v) is 6.09. The van der Waals surface area contributed by atoms with Crippen LogP contribution >= 0.6 is 0 Å². The Morgan fingerprint density at radius 3 is 2.42 bits per heavy atom. The molecule has 0 aliphatic heterocycles. The molecule has 0 fully saturated rings. The molecule has 1 N–H and O–H groups in total. The average molecular weight is 353 g/mol. The zero-order valence-corrected chi connectivity index (χ0v) is 15.2. The molecule has 1 atom stereocenters. The molecule has 0 saturated heterocycles. The Bertz CT molecular complexity index is 952. The van der Waals surface area contributed by atoms with Gasteiger partial charge in [0.15, 0.2) is 5.58 Å². The molecule has 1 aromatic heterocycles. The Hall–Kier alpha value is -3.02. The quantitative estimate of drug-likeness (QED) is 0.735. The lowest BCUT2D eigenvalue weighted by molar-refractivity contribution is -0.118. The first kappa shape index (κ1) is 17.8. The number of carbonyl (C=O) groups is 1. The van der Waals surface area contributed by atoms with Crippen molar-refractivity contribution in [2.75, 3.05) is 23.3 Å². The van der Waals surface area contributed by atoms with Crippen LogP contribution < -0.4 is 16.0 Å². The minimum Gasteiger partial charge on any atom is -0.408 e. The van der Waals surface area contributed by atoms with Crippen LogP contribution in [0.5, 0.6) is 0 Å². The lowest BCUT2D eigenvalue weighted by Crippen LogP contribution is -2.29. The summed E-state index contributed by atoms with van der Waals surface area (Å²) in [6, 6.07) is 14.1. The zero-order valence-electron chi connectivity index (χ0n) is 15.2. The molecule has 26 heavy (non-hydrogen) atoms. The van der Waals surface area contributed by atoms with Gasteiger partial charge in [0.2, 0.25) is 5.91 Å². The van der Waals surface area contributed by atoms with E-state index in [9.17, 15) is 9.59 Å². The summed E-state index contributed by atoms with van der Waals surface area (Å²) in [7, 11) is 0. The molecule has 1 unspecified atom stereocenters. The maximum Gasteiger partial charge on any atom is 0.420 e. The lowest BCUT2D eigenvalue weighted by atomic mass is 10.2. The van der Waals surface area contributed by atoms with Crippen LogP contribution in [0.2, 0.25) is 0 Å². The number of hydrogen-bond acceptors (Lipinski definition) is 4. The molecular weight excluding hydrogens is 330 g/mol. The Kier molecular flexibility index (Phi) is 5.11. The molecule has 6 heteroatoms. The Balaban J connectivity index is 1.79. The van der Waals surface area contributed by atoms with Gasteiger partial charge in [0.05, 0.1) is 5.52 Å². The van der Waals surface area contributed by atoms with Crippen molar-refractivity contribution in [3.8, 4) is 0 Å². The summed E-state index contributed by atoms with van der Waals surface area (Å²) < 4.78 is 6.58. The predicted octanol–water partition coefficient (Wildman–Crippen LogP) is 3.64. The first-order valence-electron chi connectivity index (χ1n) is 8.81. The third-order valence-corrected chi connectivity index (χ3v) is 4.55. The second-order valence-electron chi connectivity index (χ2n) is 6.09. The summed E-state index contributed by atoms with van der Waals surface area (Å²) in [4.78, 5) is 27.0. The maximum atomic E-state index is 12.6. The SMILES string of the molecule is CCN(CC)c1ccc(NC(=O)C(C)n2c(=O)oc3ccccc32)cc1. The number of benzene rings is 2. The summed E-state index contributed by atoms with van der Waals surface area (Å²) in [6.45, 7) is 7.75. The fraction of sp³-hybridized carbons (Fsp3) is 0.300. The fourth-order valence-corrected chi connectivity index (χ4v) is 3.06. The van der Waals surface area contributed by atoms with Crippen molar-refractivity contribution < 1.29 is 9.21 Å². The highest BCUT2D eigenvalue weighted by atomic mass is 16.4. The van der Waals surface area contributed by atoms with Gasteiger partial charge in [-0.1, -0.05) is 12.1 Å². The van der Waals surface area contributed by atoms with Gasteiger partial charge in [-0.2, -0.15) is 0 Å².